The highest BCUT2D eigenvalue weighted by Gasteiger charge is 2.28. The van der Waals surface area contributed by atoms with E-state index in [1.54, 1.807) is 11.1 Å². The zero-order chi connectivity index (χ0) is 17.2. The molecule has 128 valence electrons. The molecule has 1 aromatic carbocycles. The Morgan fingerprint density at radius 3 is 2.62 bits per heavy atom. The SMILES string of the molecule is CC(C)(C)OC(=O)N1CCCN(Cc2ccno2)c2ccccc21. The molecular weight excluding hydrogens is 306 g/mol. The number of carbonyl (C=O) groups excluding carboxylic acids is 1. The van der Waals surface area contributed by atoms with Gasteiger partial charge >= 0.3 is 6.09 Å². The van der Waals surface area contributed by atoms with Gasteiger partial charge in [-0.1, -0.05) is 17.3 Å². The van der Waals surface area contributed by atoms with Crippen molar-refractivity contribution in [2.24, 2.45) is 0 Å². The van der Waals surface area contributed by atoms with Gasteiger partial charge in [-0.2, -0.15) is 0 Å². The molecule has 0 atom stereocenters. The van der Waals surface area contributed by atoms with Crippen molar-refractivity contribution in [1.29, 1.82) is 0 Å². The van der Waals surface area contributed by atoms with Crippen LogP contribution < -0.4 is 9.80 Å². The summed E-state index contributed by atoms with van der Waals surface area (Å²) in [6, 6.07) is 9.75. The molecule has 0 saturated heterocycles. The molecule has 6 nitrogen and oxygen atoms in total. The highest BCUT2D eigenvalue weighted by molar-refractivity contribution is 5.93. The van der Waals surface area contributed by atoms with E-state index in [0.29, 0.717) is 13.1 Å². The first kappa shape index (κ1) is 16.4. The van der Waals surface area contributed by atoms with Gasteiger partial charge in [-0.25, -0.2) is 4.79 Å². The highest BCUT2D eigenvalue weighted by atomic mass is 16.6. The molecule has 0 unspecified atom stereocenters. The zero-order valence-electron chi connectivity index (χ0n) is 14.4. The predicted octanol–water partition coefficient (Wildman–Crippen LogP) is 3.83. The van der Waals surface area contributed by atoms with Crippen LogP contribution in [-0.2, 0) is 11.3 Å². The Labute approximate surface area is 142 Å². The Morgan fingerprint density at radius 1 is 1.21 bits per heavy atom. The zero-order valence-corrected chi connectivity index (χ0v) is 14.4. The van der Waals surface area contributed by atoms with Crippen molar-refractivity contribution in [2.75, 3.05) is 22.9 Å². The number of fused-ring (bicyclic) bond motifs is 1. The van der Waals surface area contributed by atoms with Crippen LogP contribution in [0.25, 0.3) is 0 Å². The summed E-state index contributed by atoms with van der Waals surface area (Å²) in [6.07, 6.45) is 2.19. The topological polar surface area (TPSA) is 58.8 Å². The molecule has 1 amide bonds. The van der Waals surface area contributed by atoms with Crippen LogP contribution in [0.1, 0.15) is 33.0 Å². The average molecular weight is 329 g/mol. The molecule has 0 fully saturated rings. The van der Waals surface area contributed by atoms with Crippen LogP contribution in [0, 0.1) is 0 Å². The highest BCUT2D eigenvalue weighted by Crippen LogP contribution is 2.34. The van der Waals surface area contributed by atoms with E-state index in [1.165, 1.54) is 0 Å². The summed E-state index contributed by atoms with van der Waals surface area (Å²) in [4.78, 5) is 16.5. The van der Waals surface area contributed by atoms with Crippen molar-refractivity contribution >= 4 is 17.5 Å². The number of carbonyl (C=O) groups is 1. The Morgan fingerprint density at radius 2 is 1.96 bits per heavy atom. The second kappa shape index (κ2) is 6.55. The molecule has 1 aliphatic heterocycles. The summed E-state index contributed by atoms with van der Waals surface area (Å²) in [5.41, 5.74) is 1.35. The maximum absolute atomic E-state index is 12.6. The molecule has 0 bridgehead atoms. The third kappa shape index (κ3) is 3.69. The second-order valence-electron chi connectivity index (χ2n) is 6.87. The summed E-state index contributed by atoms with van der Waals surface area (Å²) in [6.45, 7) is 7.72. The maximum atomic E-state index is 12.6. The van der Waals surface area contributed by atoms with Crippen molar-refractivity contribution in [3.8, 4) is 0 Å². The van der Waals surface area contributed by atoms with Crippen molar-refractivity contribution in [3.63, 3.8) is 0 Å². The van der Waals surface area contributed by atoms with Gasteiger partial charge in [0, 0.05) is 19.2 Å². The fraction of sp³-hybridized carbons (Fsp3) is 0.444. The first-order chi connectivity index (χ1) is 11.4. The Bertz CT molecular complexity index is 692. The first-order valence-corrected chi connectivity index (χ1v) is 8.18. The number of ether oxygens (including phenoxy) is 1. The first-order valence-electron chi connectivity index (χ1n) is 8.18. The predicted molar refractivity (Wildman–Crippen MR) is 92.2 cm³/mol. The van der Waals surface area contributed by atoms with E-state index in [0.717, 1.165) is 30.1 Å². The van der Waals surface area contributed by atoms with Crippen LogP contribution in [0.3, 0.4) is 0 Å². The molecule has 3 rings (SSSR count). The van der Waals surface area contributed by atoms with E-state index >= 15 is 0 Å². The molecule has 0 radical (unpaired) electrons. The Balaban J connectivity index is 1.89. The van der Waals surface area contributed by atoms with Crippen LogP contribution >= 0.6 is 0 Å². The monoisotopic (exact) mass is 329 g/mol. The van der Waals surface area contributed by atoms with E-state index in [2.05, 4.69) is 10.1 Å². The summed E-state index contributed by atoms with van der Waals surface area (Å²) in [5, 5.41) is 3.76. The van der Waals surface area contributed by atoms with Crippen LogP contribution in [0.4, 0.5) is 16.2 Å². The molecule has 2 heterocycles. The van der Waals surface area contributed by atoms with Gasteiger partial charge in [-0.15, -0.1) is 0 Å². The third-order valence-corrected chi connectivity index (χ3v) is 3.77. The molecule has 0 aliphatic carbocycles. The molecular formula is C18H23N3O3. The largest absolute Gasteiger partial charge is 0.443 e. The Hall–Kier alpha value is -2.50. The van der Waals surface area contributed by atoms with Crippen molar-refractivity contribution in [2.45, 2.75) is 39.3 Å². The lowest BCUT2D eigenvalue weighted by molar-refractivity contribution is 0.0581. The lowest BCUT2D eigenvalue weighted by Gasteiger charge is -2.28. The summed E-state index contributed by atoms with van der Waals surface area (Å²) < 4.78 is 10.8. The number of rotatable bonds is 2. The number of nitrogens with zero attached hydrogens (tertiary/aromatic N) is 3. The molecule has 6 heteroatoms. The molecule has 0 spiro atoms. The Kier molecular flexibility index (Phi) is 4.46. The molecule has 0 saturated carbocycles. The fourth-order valence-electron chi connectivity index (χ4n) is 2.80. The number of para-hydroxylation sites is 2. The molecule has 1 aromatic heterocycles. The number of hydrogen-bond donors (Lipinski definition) is 0. The van der Waals surface area contributed by atoms with Gasteiger partial charge in [-0.05, 0) is 39.3 Å². The van der Waals surface area contributed by atoms with Gasteiger partial charge in [-0.3, -0.25) is 4.90 Å². The standard InChI is InChI=1S/C18H23N3O3/c1-18(2,3)23-17(22)21-12-6-11-20(13-14-9-10-19-24-14)15-7-4-5-8-16(15)21/h4-5,7-10H,6,11-13H2,1-3H3. The van der Waals surface area contributed by atoms with Gasteiger partial charge in [0.15, 0.2) is 5.76 Å². The number of benzene rings is 1. The van der Waals surface area contributed by atoms with Crippen molar-refractivity contribution in [1.82, 2.24) is 5.16 Å². The minimum atomic E-state index is -0.516. The van der Waals surface area contributed by atoms with E-state index in [4.69, 9.17) is 9.26 Å². The van der Waals surface area contributed by atoms with Gasteiger partial charge in [0.05, 0.1) is 24.1 Å². The molecule has 24 heavy (non-hydrogen) atoms. The van der Waals surface area contributed by atoms with Gasteiger partial charge < -0.3 is 14.2 Å². The third-order valence-electron chi connectivity index (χ3n) is 3.77. The summed E-state index contributed by atoms with van der Waals surface area (Å²) in [5.74, 6) is 0.801. The second-order valence-corrected chi connectivity index (χ2v) is 6.87. The van der Waals surface area contributed by atoms with E-state index in [-0.39, 0.29) is 6.09 Å². The molecule has 2 aromatic rings. The van der Waals surface area contributed by atoms with Gasteiger partial charge in [0.2, 0.25) is 0 Å². The maximum Gasteiger partial charge on any atom is 0.414 e. The quantitative estimate of drug-likeness (QED) is 0.838. The van der Waals surface area contributed by atoms with Crippen LogP contribution in [0.2, 0.25) is 0 Å². The van der Waals surface area contributed by atoms with Crippen molar-refractivity contribution in [3.05, 3.63) is 42.3 Å². The summed E-state index contributed by atoms with van der Waals surface area (Å²) in [7, 11) is 0. The van der Waals surface area contributed by atoms with Crippen LogP contribution in [0.15, 0.2) is 41.1 Å². The van der Waals surface area contributed by atoms with Crippen molar-refractivity contribution < 1.29 is 14.1 Å². The van der Waals surface area contributed by atoms with Crippen LogP contribution in [-0.4, -0.2) is 29.9 Å². The van der Waals surface area contributed by atoms with Crippen LogP contribution in [0.5, 0.6) is 0 Å². The normalized spacial score (nSPS) is 15.0. The molecule has 1 aliphatic rings. The minimum absolute atomic E-state index is 0.309. The van der Waals surface area contributed by atoms with E-state index in [9.17, 15) is 4.79 Å². The van der Waals surface area contributed by atoms with Gasteiger partial charge in [0.1, 0.15) is 5.60 Å². The van der Waals surface area contributed by atoms with E-state index < -0.39 is 5.60 Å². The fourth-order valence-corrected chi connectivity index (χ4v) is 2.80. The lowest BCUT2D eigenvalue weighted by atomic mass is 10.2. The van der Waals surface area contributed by atoms with Gasteiger partial charge in [0.25, 0.3) is 0 Å². The number of hydrogen-bond acceptors (Lipinski definition) is 5. The number of aromatic nitrogens is 1. The molecule has 0 N–H and O–H groups in total. The number of anilines is 2. The smallest absolute Gasteiger partial charge is 0.414 e. The average Bonchev–Trinajstić information content (AvgIpc) is 2.94. The number of amides is 1. The lowest BCUT2D eigenvalue weighted by Crippen LogP contribution is -2.37. The van der Waals surface area contributed by atoms with E-state index in [1.807, 2.05) is 51.1 Å². The summed E-state index contributed by atoms with van der Waals surface area (Å²) >= 11 is 0. The minimum Gasteiger partial charge on any atom is -0.443 e.